The normalized spacial score (nSPS) is 17.4. The van der Waals surface area contributed by atoms with Crippen molar-refractivity contribution in [1.82, 2.24) is 14.1 Å². The van der Waals surface area contributed by atoms with E-state index in [1.54, 1.807) is 88.0 Å². The van der Waals surface area contributed by atoms with E-state index in [0.29, 0.717) is 27.4 Å². The van der Waals surface area contributed by atoms with Gasteiger partial charge in [0.1, 0.15) is 17.3 Å². The van der Waals surface area contributed by atoms with Gasteiger partial charge >= 0.3 is 0 Å². The molecular weight excluding hydrogens is 1020 g/mol. The molecule has 14 aromatic rings. The molecule has 0 bridgehead atoms. The quantitative estimate of drug-likeness (QED) is 0.0529. The van der Waals surface area contributed by atoms with Gasteiger partial charge in [0.15, 0.2) is 8.07 Å². The molecule has 0 aliphatic rings. The number of para-hydroxylation sites is 2. The summed E-state index contributed by atoms with van der Waals surface area (Å²) in [6.07, 6.45) is 4.58. The Labute approximate surface area is 531 Å². The molecule has 0 aliphatic heterocycles. The Kier molecular flexibility index (Phi) is 6.87. The maximum Gasteiger partial charge on any atom is 0.269 e. The first-order valence-electron chi connectivity index (χ1n) is 41.9. The number of fused-ring (bicyclic) bond motifs is 4. The minimum Gasteiger partial charge on any atom is -0.458 e. The fourth-order valence-corrected chi connectivity index (χ4v) is 14.1. The van der Waals surface area contributed by atoms with Crippen LogP contribution in [0.1, 0.15) is 75.8 Å². The first-order valence-corrected chi connectivity index (χ1v) is 27.9. The van der Waals surface area contributed by atoms with E-state index in [-0.39, 0.29) is 73.1 Å². The lowest BCUT2D eigenvalue weighted by molar-refractivity contribution is -0.572. The number of benzene rings is 11. The van der Waals surface area contributed by atoms with Crippen molar-refractivity contribution in [2.75, 3.05) is 0 Å². The molecule has 0 N–H and O–H groups in total. The molecule has 11 aromatic carbocycles. The summed E-state index contributed by atoms with van der Waals surface area (Å²) in [5.74, 6) is 0.407. The van der Waals surface area contributed by atoms with E-state index >= 15 is 0 Å². The van der Waals surface area contributed by atoms with E-state index in [1.165, 1.54) is 28.8 Å². The van der Waals surface area contributed by atoms with Crippen molar-refractivity contribution in [2.45, 2.75) is 33.0 Å². The van der Waals surface area contributed by atoms with Gasteiger partial charge in [-0.15, -0.1) is 0 Å². The monoisotopic (exact) mass is 1120 g/mol. The molecule has 0 aliphatic carbocycles. The second kappa shape index (κ2) is 21.1. The van der Waals surface area contributed by atoms with E-state index < -0.39 is 222 Å². The average Bonchev–Trinajstić information content (AvgIpc) is 1.67. The van der Waals surface area contributed by atoms with Gasteiger partial charge in [0.25, 0.3) is 6.33 Å². The molecule has 398 valence electrons. The summed E-state index contributed by atoms with van der Waals surface area (Å²) in [5, 5.41) is -2.77. The molecule has 0 saturated heterocycles. The number of imidazole rings is 1. The predicted octanol–water partition coefficient (Wildman–Crippen LogP) is 16.0. The van der Waals surface area contributed by atoms with Crippen molar-refractivity contribution >= 4 is 61.7 Å². The number of rotatable bonds is 12. The highest BCUT2D eigenvalue weighted by atomic mass is 28.3. The number of hydrogen-bond acceptors (Lipinski definition) is 2. The first-order chi connectivity index (χ1) is 53.9. The maximum absolute atomic E-state index is 10.7. The highest BCUT2D eigenvalue weighted by Crippen LogP contribution is 2.39. The Morgan fingerprint density at radius 1 is 0.506 bits per heavy atom. The van der Waals surface area contributed by atoms with Crippen molar-refractivity contribution in [1.29, 1.82) is 0 Å². The number of hydrogen-bond donors (Lipinski definition) is 0. The SMILES string of the molecule is [2H]c1c([2H])c([2H])c(-c2cnc(-n3c4ccccc4c4ccc(Oc5cccc(-n6[c-][n+](-c7c(-c8c([2H])c([2H])c([2H])c([2H])c8[2H])cccc7C(C)(C)C)c7ccc(-c8c([2H])c([2H])c([2H])c([Si](c9c([2H])c([2H])c([2H])c([2H])c9[2H])(c9c([2H])c([2H])c([2H])c([2H])c9[2H])c9c([2H])c([2H])c([2H])c([2H])c9[2H])c8[2H])cc76)c5)cc43)cc2C([2H])([2H])[2H])c([2H])c1[2H]. The lowest BCUT2D eigenvalue weighted by Crippen LogP contribution is -2.74. The molecule has 0 unspecified atom stereocenters. The Bertz CT molecular complexity index is 6310. The fraction of sp³-hybridized carbons (Fsp3) is 0.0649. The molecule has 0 saturated carbocycles. The molecule has 0 radical (unpaired) electrons. The second-order valence-electron chi connectivity index (χ2n) is 20.1. The molecule has 0 amide bonds. The first kappa shape index (κ1) is 27.1. The van der Waals surface area contributed by atoms with Crippen LogP contribution in [0.4, 0.5) is 0 Å². The molecule has 83 heavy (non-hydrogen) atoms. The van der Waals surface area contributed by atoms with Crippen molar-refractivity contribution in [3.05, 3.63) is 308 Å². The second-order valence-corrected chi connectivity index (χ2v) is 23.6. The van der Waals surface area contributed by atoms with Gasteiger partial charge in [0.2, 0.25) is 0 Å². The molecule has 3 aromatic heterocycles. The Morgan fingerprint density at radius 3 is 1.78 bits per heavy atom. The average molecular weight is 1120 g/mol. The smallest absolute Gasteiger partial charge is 0.269 e. The Hall–Kier alpha value is -10.1. The van der Waals surface area contributed by atoms with E-state index in [9.17, 15) is 16.4 Å². The Balaban J connectivity index is 1.05. The van der Waals surface area contributed by atoms with Crippen LogP contribution in [0, 0.1) is 13.2 Å². The van der Waals surface area contributed by atoms with Gasteiger partial charge < -0.3 is 4.74 Å². The topological polar surface area (TPSA) is 35.9 Å². The van der Waals surface area contributed by atoms with Crippen LogP contribution in [-0.2, 0) is 5.41 Å². The van der Waals surface area contributed by atoms with E-state index in [1.807, 2.05) is 26.8 Å². The summed E-state index contributed by atoms with van der Waals surface area (Å²) in [4.78, 5) is 4.70. The highest BCUT2D eigenvalue weighted by molar-refractivity contribution is 7.19. The van der Waals surface area contributed by atoms with Crippen LogP contribution in [-0.4, -0.2) is 22.2 Å². The molecular formula is C77H60N4OSi. The third-order valence-electron chi connectivity index (χ3n) is 14.3. The zero-order chi connectivity index (χ0) is 83.8. The summed E-state index contributed by atoms with van der Waals surface area (Å²) in [6, 6.07) is 1.59. The molecule has 5 nitrogen and oxygen atoms in total. The number of nitrogens with zero attached hydrogens (tertiary/aromatic N) is 4. The molecule has 0 spiro atoms. The van der Waals surface area contributed by atoms with Crippen molar-refractivity contribution < 1.29 is 53.2 Å². The molecule has 14 rings (SSSR count). The fourth-order valence-electron chi connectivity index (χ4n) is 10.6. The van der Waals surface area contributed by atoms with Gasteiger partial charge in [-0.3, -0.25) is 13.7 Å². The van der Waals surface area contributed by atoms with Crippen LogP contribution < -0.4 is 30.1 Å². The van der Waals surface area contributed by atoms with Gasteiger partial charge in [0.05, 0.1) is 73.2 Å². The minimum absolute atomic E-state index is 0.0671. The summed E-state index contributed by atoms with van der Waals surface area (Å²) >= 11 is 0. The molecule has 6 heteroatoms. The van der Waals surface area contributed by atoms with Crippen molar-refractivity contribution in [2.24, 2.45) is 0 Å². The highest BCUT2D eigenvalue weighted by Gasteiger charge is 2.41. The van der Waals surface area contributed by atoms with E-state index in [2.05, 4.69) is 6.33 Å². The van der Waals surface area contributed by atoms with Crippen LogP contribution in [0.5, 0.6) is 11.5 Å². The van der Waals surface area contributed by atoms with E-state index in [0.717, 1.165) is 6.20 Å². The van der Waals surface area contributed by atoms with Gasteiger partial charge in [-0.05, 0) is 120 Å². The maximum atomic E-state index is 10.7. The van der Waals surface area contributed by atoms with Crippen molar-refractivity contribution in [3.8, 4) is 62.1 Å². The zero-order valence-corrected chi connectivity index (χ0v) is 45.2. The lowest BCUT2D eigenvalue weighted by Gasteiger charge is -2.34. The minimum atomic E-state index is -6.31. The number of pyridine rings is 1. The zero-order valence-electron chi connectivity index (χ0n) is 76.2. The van der Waals surface area contributed by atoms with Crippen LogP contribution in [0.25, 0.3) is 83.4 Å². The summed E-state index contributed by atoms with van der Waals surface area (Å²) < 4.78 is 304. The molecule has 0 fully saturated rings. The number of ether oxygens (including phenoxy) is 1. The lowest BCUT2D eigenvalue weighted by atomic mass is 9.83. The van der Waals surface area contributed by atoms with Crippen LogP contribution >= 0.6 is 0 Å². The van der Waals surface area contributed by atoms with Crippen molar-refractivity contribution in [3.63, 3.8) is 0 Å². The van der Waals surface area contributed by atoms with Crippen LogP contribution in [0.2, 0.25) is 0 Å². The summed E-state index contributed by atoms with van der Waals surface area (Å²) in [6.45, 7) is 2.71. The number of aryl methyl sites for hydroxylation is 1. The molecule has 0 atom stereocenters. The van der Waals surface area contributed by atoms with Crippen LogP contribution in [0.3, 0.4) is 0 Å². The molecule has 3 heterocycles. The van der Waals surface area contributed by atoms with Gasteiger partial charge in [-0.1, -0.05) is 251 Å². The van der Waals surface area contributed by atoms with E-state index in [4.69, 9.17) is 37.1 Å². The number of aromatic nitrogens is 4. The third kappa shape index (κ3) is 9.14. The summed E-state index contributed by atoms with van der Waals surface area (Å²) in [7, 11) is -6.31. The van der Waals surface area contributed by atoms with Gasteiger partial charge in [-0.25, -0.2) is 4.98 Å². The van der Waals surface area contributed by atoms with Gasteiger partial charge in [0, 0.05) is 32.7 Å². The summed E-state index contributed by atoms with van der Waals surface area (Å²) in [5.41, 5.74) is -0.409. The standard InChI is InChI=1S/C77H60N4OSi/c1-54-47-75(78-52-69(54)56-27-12-6-13-28-56)81-71-42-21-20-39-67(71)68-45-44-61(51-73(68)81)82-60-31-23-30-59(50-60)79-53-80(76-66(55-25-10-5-11-26-55)40-24-41-70(76)77(2,3)4)72-46-43-58(49-74(72)79)57-29-22-38-65(48-57)83(62-32-14-7-15-33-62,63-34-16-8-17-35-63)64-36-18-9-19-37-64/h5-52H,1-4H3/i1D3,5D,6D,7D,8D,9D,10D,11D,12D,13D,14D,15D,16D,17D,18D,19D,22D,25D,26D,27D,28D,29D,32D,33D,34D,35D,36D,37D,38D,48D. The Morgan fingerprint density at radius 2 is 1.11 bits per heavy atom. The van der Waals surface area contributed by atoms with Gasteiger partial charge in [-0.2, -0.15) is 0 Å². The van der Waals surface area contributed by atoms with Crippen LogP contribution in [0.15, 0.2) is 291 Å². The third-order valence-corrected chi connectivity index (χ3v) is 18.3. The predicted molar refractivity (Wildman–Crippen MR) is 346 cm³/mol. The largest absolute Gasteiger partial charge is 0.458 e.